The van der Waals surface area contributed by atoms with Crippen LogP contribution in [0.2, 0.25) is 0 Å². The second-order valence-corrected chi connectivity index (χ2v) is 8.46. The number of rotatable bonds is 4. The lowest BCUT2D eigenvalue weighted by Crippen LogP contribution is -2.17. The van der Waals surface area contributed by atoms with E-state index >= 15 is 0 Å². The summed E-state index contributed by atoms with van der Waals surface area (Å²) in [6.45, 7) is 3.10. The monoisotopic (exact) mass is 481 g/mol. The Morgan fingerprint density at radius 2 is 1.83 bits per heavy atom. The fourth-order valence-electron chi connectivity index (χ4n) is 4.34. The summed E-state index contributed by atoms with van der Waals surface area (Å²) < 4.78 is 46.0. The number of alkyl halides is 3. The summed E-state index contributed by atoms with van der Waals surface area (Å²) in [5, 5.41) is 11.3. The molecule has 7 nitrogen and oxygen atoms in total. The predicted octanol–water partition coefficient (Wildman–Crippen LogP) is 5.26. The zero-order valence-electron chi connectivity index (χ0n) is 18.8. The quantitative estimate of drug-likeness (QED) is 0.430. The van der Waals surface area contributed by atoms with Crippen LogP contribution in [0.15, 0.2) is 54.9 Å². The van der Waals surface area contributed by atoms with Crippen molar-refractivity contribution >= 4 is 17.4 Å². The van der Waals surface area contributed by atoms with Crippen molar-refractivity contribution in [3.05, 3.63) is 77.4 Å². The lowest BCUT2D eigenvalue weighted by molar-refractivity contribution is -0.137. The van der Waals surface area contributed by atoms with Crippen molar-refractivity contribution in [1.82, 2.24) is 19.6 Å². The molecule has 0 radical (unpaired) electrons. The Labute approximate surface area is 199 Å². The van der Waals surface area contributed by atoms with Gasteiger partial charge in [0.1, 0.15) is 5.82 Å². The number of amides is 1. The lowest BCUT2D eigenvalue weighted by Gasteiger charge is -2.20. The molecule has 0 bridgehead atoms. The van der Waals surface area contributed by atoms with Crippen LogP contribution < -0.4 is 5.32 Å². The van der Waals surface area contributed by atoms with Crippen molar-refractivity contribution in [2.45, 2.75) is 31.9 Å². The van der Waals surface area contributed by atoms with Crippen LogP contribution in [-0.2, 0) is 10.9 Å². The van der Waals surface area contributed by atoms with E-state index in [0.29, 0.717) is 46.9 Å². The molecular formula is C25H22F3N5O2. The number of aromatic nitrogens is 4. The van der Waals surface area contributed by atoms with Gasteiger partial charge in [0, 0.05) is 30.9 Å². The number of carbonyl (C=O) groups excluding carboxylic acids is 1. The van der Waals surface area contributed by atoms with E-state index in [-0.39, 0.29) is 11.8 Å². The highest BCUT2D eigenvalue weighted by Crippen LogP contribution is 2.32. The number of benzene rings is 2. The number of carbonyl (C=O) groups is 1. The molecule has 0 spiro atoms. The van der Waals surface area contributed by atoms with Gasteiger partial charge in [-0.1, -0.05) is 24.3 Å². The first kappa shape index (κ1) is 23.0. The highest BCUT2D eigenvalue weighted by molar-refractivity contribution is 6.06. The summed E-state index contributed by atoms with van der Waals surface area (Å²) in [7, 11) is 0. The molecule has 10 heteroatoms. The fraction of sp³-hybridized carbons (Fsp3) is 0.280. The van der Waals surface area contributed by atoms with E-state index < -0.39 is 11.7 Å². The van der Waals surface area contributed by atoms with Gasteiger partial charge in [0.05, 0.1) is 17.4 Å². The van der Waals surface area contributed by atoms with Crippen molar-refractivity contribution < 1.29 is 22.7 Å². The number of halogens is 3. The van der Waals surface area contributed by atoms with E-state index in [0.717, 1.165) is 30.8 Å². The summed E-state index contributed by atoms with van der Waals surface area (Å²) in [4.78, 5) is 17.4. The molecule has 1 aliphatic heterocycles. The van der Waals surface area contributed by atoms with E-state index in [1.807, 2.05) is 0 Å². The lowest BCUT2D eigenvalue weighted by atomic mass is 9.95. The van der Waals surface area contributed by atoms with Gasteiger partial charge in [-0.15, -0.1) is 10.2 Å². The Morgan fingerprint density at radius 1 is 1.09 bits per heavy atom. The van der Waals surface area contributed by atoms with Gasteiger partial charge in [-0.25, -0.2) is 4.98 Å². The third-order valence-corrected chi connectivity index (χ3v) is 6.24. The molecule has 1 N–H and O–H groups in total. The van der Waals surface area contributed by atoms with Crippen LogP contribution in [0.25, 0.3) is 16.9 Å². The first-order valence-corrected chi connectivity index (χ1v) is 11.2. The molecule has 1 amide bonds. The minimum absolute atomic E-state index is 0.203. The molecule has 0 aliphatic carbocycles. The first-order chi connectivity index (χ1) is 16.8. The highest BCUT2D eigenvalue weighted by Gasteiger charge is 2.30. The Morgan fingerprint density at radius 3 is 2.54 bits per heavy atom. The molecule has 5 rings (SSSR count). The third-order valence-electron chi connectivity index (χ3n) is 6.24. The van der Waals surface area contributed by atoms with Crippen LogP contribution >= 0.6 is 0 Å². The van der Waals surface area contributed by atoms with Crippen LogP contribution in [0.4, 0.5) is 18.9 Å². The van der Waals surface area contributed by atoms with E-state index in [9.17, 15) is 18.0 Å². The van der Waals surface area contributed by atoms with Crippen molar-refractivity contribution in [2.24, 2.45) is 0 Å². The Hall–Kier alpha value is -3.79. The summed E-state index contributed by atoms with van der Waals surface area (Å²) in [6, 6.07) is 10.1. The van der Waals surface area contributed by atoms with Crippen molar-refractivity contribution in [3.63, 3.8) is 0 Å². The Kier molecular flexibility index (Phi) is 5.98. The van der Waals surface area contributed by atoms with Gasteiger partial charge >= 0.3 is 6.18 Å². The van der Waals surface area contributed by atoms with Crippen molar-refractivity contribution in [1.29, 1.82) is 0 Å². The maximum Gasteiger partial charge on any atom is 0.416 e. The second-order valence-electron chi connectivity index (χ2n) is 8.46. The average Bonchev–Trinajstić information content (AvgIpc) is 3.27. The summed E-state index contributed by atoms with van der Waals surface area (Å²) in [6.07, 6.45) is 0.547. The van der Waals surface area contributed by atoms with Crippen molar-refractivity contribution in [2.75, 3.05) is 18.5 Å². The van der Waals surface area contributed by atoms with Crippen molar-refractivity contribution in [3.8, 4) is 11.1 Å². The maximum atomic E-state index is 13.1. The van der Waals surface area contributed by atoms with Gasteiger partial charge in [0.25, 0.3) is 11.7 Å². The summed E-state index contributed by atoms with van der Waals surface area (Å²) in [5.41, 5.74) is 2.11. The SMILES string of the molecule is Cc1c(C(=O)Nc2cnc3nnc(C4CCOCC4)n3c2)cccc1-c1ccc(C(F)(F)F)cc1. The van der Waals surface area contributed by atoms with Crippen LogP contribution in [-0.4, -0.2) is 38.7 Å². The minimum atomic E-state index is -4.40. The number of hydrogen-bond acceptors (Lipinski definition) is 5. The zero-order chi connectivity index (χ0) is 24.6. The number of hydrogen-bond donors (Lipinski definition) is 1. The molecule has 0 saturated carbocycles. The highest BCUT2D eigenvalue weighted by atomic mass is 19.4. The second kappa shape index (κ2) is 9.10. The van der Waals surface area contributed by atoms with Crippen LogP contribution in [0, 0.1) is 6.92 Å². The largest absolute Gasteiger partial charge is 0.416 e. The Balaban J connectivity index is 1.40. The maximum absolute atomic E-state index is 13.1. The first-order valence-electron chi connectivity index (χ1n) is 11.2. The number of fused-ring (bicyclic) bond motifs is 1. The third kappa shape index (κ3) is 4.61. The molecule has 0 atom stereocenters. The molecule has 1 aliphatic rings. The molecule has 0 unspecified atom stereocenters. The standard InChI is InChI=1S/C25H22F3N5O2/c1-15-20(16-5-7-18(8-6-16)25(26,27)28)3-2-4-21(15)23(34)30-19-13-29-24-32-31-22(33(24)14-19)17-9-11-35-12-10-17/h2-8,13-14,17H,9-12H2,1H3,(H,30,34). The number of anilines is 1. The molecule has 2 aromatic carbocycles. The van der Waals surface area contributed by atoms with Gasteiger partial charge < -0.3 is 10.1 Å². The predicted molar refractivity (Wildman–Crippen MR) is 123 cm³/mol. The number of nitrogens with one attached hydrogen (secondary N) is 1. The van der Waals surface area contributed by atoms with Gasteiger partial charge in [0.15, 0.2) is 0 Å². The van der Waals surface area contributed by atoms with E-state index in [2.05, 4.69) is 20.5 Å². The van der Waals surface area contributed by atoms with Gasteiger partial charge in [-0.3, -0.25) is 9.20 Å². The summed E-state index contributed by atoms with van der Waals surface area (Å²) >= 11 is 0. The van der Waals surface area contributed by atoms with Gasteiger partial charge in [-0.05, 0) is 54.7 Å². The normalized spacial score (nSPS) is 14.9. The Bertz CT molecular complexity index is 1380. The molecule has 2 aromatic heterocycles. The number of ether oxygens (including phenoxy) is 1. The molecule has 1 saturated heterocycles. The van der Waals surface area contributed by atoms with E-state index in [1.54, 1.807) is 35.7 Å². The molecule has 35 heavy (non-hydrogen) atoms. The average molecular weight is 481 g/mol. The topological polar surface area (TPSA) is 81.4 Å². The van der Waals surface area contributed by atoms with E-state index in [4.69, 9.17) is 4.74 Å². The van der Waals surface area contributed by atoms with Gasteiger partial charge in [0.2, 0.25) is 0 Å². The fourth-order valence-corrected chi connectivity index (χ4v) is 4.34. The van der Waals surface area contributed by atoms with E-state index in [1.165, 1.54) is 18.3 Å². The zero-order valence-corrected chi connectivity index (χ0v) is 18.8. The smallest absolute Gasteiger partial charge is 0.381 e. The van der Waals surface area contributed by atoms with Crippen LogP contribution in [0.1, 0.15) is 46.1 Å². The molecule has 180 valence electrons. The van der Waals surface area contributed by atoms with Crippen LogP contribution in [0.3, 0.4) is 0 Å². The van der Waals surface area contributed by atoms with Crippen LogP contribution in [0.5, 0.6) is 0 Å². The number of nitrogens with zero attached hydrogens (tertiary/aromatic N) is 4. The minimum Gasteiger partial charge on any atom is -0.381 e. The molecule has 1 fully saturated rings. The van der Waals surface area contributed by atoms with Gasteiger partial charge in [-0.2, -0.15) is 13.2 Å². The summed E-state index contributed by atoms with van der Waals surface area (Å²) in [5.74, 6) is 1.09. The molecule has 4 aromatic rings. The molecule has 3 heterocycles. The molecular weight excluding hydrogens is 459 g/mol.